The predicted molar refractivity (Wildman–Crippen MR) is 73.3 cm³/mol. The van der Waals surface area contributed by atoms with Crippen LogP contribution in [0.15, 0.2) is 34.4 Å². The van der Waals surface area contributed by atoms with Crippen molar-refractivity contribution in [3.63, 3.8) is 0 Å². The van der Waals surface area contributed by atoms with Gasteiger partial charge in [-0.3, -0.25) is 5.41 Å². The standard InChI is InChI=1S/C12H14N4O3S/c1-2-18-10(17)12(16-11(13)14,8-4-3-7-20-8)9-15-5-6-19-9/h3-7H,2H2,1H3,(H4,13,14,16). The van der Waals surface area contributed by atoms with Crippen LogP contribution in [0, 0.1) is 5.41 Å². The molecule has 0 radical (unpaired) electrons. The van der Waals surface area contributed by atoms with Crippen molar-refractivity contribution in [1.29, 1.82) is 5.41 Å². The normalized spacial score (nSPS) is 13.4. The summed E-state index contributed by atoms with van der Waals surface area (Å²) in [4.78, 5) is 17.1. The lowest BCUT2D eigenvalue weighted by Gasteiger charge is -2.28. The summed E-state index contributed by atoms with van der Waals surface area (Å²) in [6.45, 7) is 1.88. The van der Waals surface area contributed by atoms with E-state index in [9.17, 15) is 4.79 Å². The van der Waals surface area contributed by atoms with E-state index in [1.54, 1.807) is 24.4 Å². The van der Waals surface area contributed by atoms with Crippen LogP contribution in [0.3, 0.4) is 0 Å². The fourth-order valence-electron chi connectivity index (χ4n) is 1.80. The molecule has 1 atom stereocenters. The Morgan fingerprint density at radius 1 is 1.70 bits per heavy atom. The third-order valence-corrected chi connectivity index (χ3v) is 3.54. The zero-order chi connectivity index (χ0) is 14.6. The van der Waals surface area contributed by atoms with E-state index in [0.29, 0.717) is 4.88 Å². The number of hydrogen-bond acceptors (Lipinski definition) is 6. The third-order valence-electron chi connectivity index (χ3n) is 2.55. The average Bonchev–Trinajstić information content (AvgIpc) is 3.09. The first kappa shape index (κ1) is 14.1. The van der Waals surface area contributed by atoms with Gasteiger partial charge in [-0.05, 0) is 18.4 Å². The molecule has 4 N–H and O–H groups in total. The zero-order valence-corrected chi connectivity index (χ0v) is 11.6. The van der Waals surface area contributed by atoms with E-state index in [2.05, 4.69) is 10.3 Å². The maximum absolute atomic E-state index is 12.5. The Labute approximate surface area is 119 Å². The molecule has 2 aromatic rings. The molecule has 0 saturated heterocycles. The molecule has 0 spiro atoms. The van der Waals surface area contributed by atoms with Gasteiger partial charge in [-0.15, -0.1) is 11.3 Å². The molecule has 106 valence electrons. The molecule has 0 amide bonds. The van der Waals surface area contributed by atoms with Crippen molar-refractivity contribution in [2.24, 2.45) is 5.73 Å². The molecule has 2 aromatic heterocycles. The summed E-state index contributed by atoms with van der Waals surface area (Å²) in [5, 5.41) is 11.9. The minimum Gasteiger partial charge on any atom is -0.464 e. The molecular weight excluding hydrogens is 280 g/mol. The van der Waals surface area contributed by atoms with Gasteiger partial charge in [-0.1, -0.05) is 6.07 Å². The summed E-state index contributed by atoms with van der Waals surface area (Å²) in [5.74, 6) is -0.932. The Balaban J connectivity index is 2.60. The number of nitrogens with zero attached hydrogens (tertiary/aromatic N) is 1. The predicted octanol–water partition coefficient (Wildman–Crippen LogP) is 1.03. The minimum absolute atomic E-state index is 0.0774. The van der Waals surface area contributed by atoms with E-state index in [1.807, 2.05) is 0 Å². The fourth-order valence-corrected chi connectivity index (χ4v) is 2.66. The van der Waals surface area contributed by atoms with Gasteiger partial charge in [0, 0.05) is 0 Å². The van der Waals surface area contributed by atoms with Gasteiger partial charge in [-0.2, -0.15) is 0 Å². The highest BCUT2D eigenvalue weighted by Crippen LogP contribution is 2.33. The van der Waals surface area contributed by atoms with Crippen LogP contribution in [0.2, 0.25) is 0 Å². The lowest BCUT2D eigenvalue weighted by molar-refractivity contribution is -0.149. The van der Waals surface area contributed by atoms with Crippen LogP contribution in [0.25, 0.3) is 0 Å². The second-order valence-corrected chi connectivity index (χ2v) is 4.77. The number of nitrogens with one attached hydrogen (secondary N) is 2. The minimum atomic E-state index is -1.54. The highest BCUT2D eigenvalue weighted by Gasteiger charge is 2.49. The summed E-state index contributed by atoms with van der Waals surface area (Å²) < 4.78 is 10.4. The van der Waals surface area contributed by atoms with E-state index in [-0.39, 0.29) is 18.5 Å². The lowest BCUT2D eigenvalue weighted by atomic mass is 9.97. The van der Waals surface area contributed by atoms with E-state index in [0.717, 1.165) is 0 Å². The molecule has 2 rings (SSSR count). The van der Waals surface area contributed by atoms with Gasteiger partial charge < -0.3 is 20.2 Å². The maximum Gasteiger partial charge on any atom is 0.347 e. The highest BCUT2D eigenvalue weighted by atomic mass is 32.1. The maximum atomic E-state index is 12.5. The molecule has 8 heteroatoms. The quantitative estimate of drug-likeness (QED) is 0.431. The number of hydrogen-bond donors (Lipinski definition) is 3. The van der Waals surface area contributed by atoms with E-state index < -0.39 is 11.5 Å². The number of carbonyl (C=O) groups excluding carboxylic acids is 1. The van der Waals surface area contributed by atoms with E-state index >= 15 is 0 Å². The SMILES string of the molecule is CCOC(=O)C(NC(=N)N)(c1ncco1)c1cccs1. The fraction of sp³-hybridized carbons (Fsp3) is 0.250. The van der Waals surface area contributed by atoms with Crippen molar-refractivity contribution in [2.75, 3.05) is 6.61 Å². The van der Waals surface area contributed by atoms with Gasteiger partial charge >= 0.3 is 5.97 Å². The Morgan fingerprint density at radius 3 is 3.00 bits per heavy atom. The number of guanidine groups is 1. The summed E-state index contributed by atoms with van der Waals surface area (Å²) in [7, 11) is 0. The summed E-state index contributed by atoms with van der Waals surface area (Å²) in [6.07, 6.45) is 2.76. The van der Waals surface area contributed by atoms with Gasteiger partial charge in [0.25, 0.3) is 0 Å². The monoisotopic (exact) mass is 294 g/mol. The molecule has 0 bridgehead atoms. The number of thiophene rings is 1. The Morgan fingerprint density at radius 2 is 2.50 bits per heavy atom. The van der Waals surface area contributed by atoms with Crippen LogP contribution in [-0.2, 0) is 15.1 Å². The van der Waals surface area contributed by atoms with Gasteiger partial charge in [0.2, 0.25) is 11.4 Å². The van der Waals surface area contributed by atoms with Gasteiger partial charge in [0.15, 0.2) is 5.96 Å². The Kier molecular flexibility index (Phi) is 4.04. The van der Waals surface area contributed by atoms with Crippen molar-refractivity contribution >= 4 is 23.3 Å². The summed E-state index contributed by atoms with van der Waals surface area (Å²) in [6, 6.07) is 3.50. The summed E-state index contributed by atoms with van der Waals surface area (Å²) >= 11 is 1.31. The van der Waals surface area contributed by atoms with Crippen LogP contribution in [-0.4, -0.2) is 23.5 Å². The number of ether oxygens (including phenoxy) is 1. The first-order valence-electron chi connectivity index (χ1n) is 5.84. The smallest absolute Gasteiger partial charge is 0.347 e. The molecule has 7 nitrogen and oxygen atoms in total. The van der Waals surface area contributed by atoms with Crippen molar-refractivity contribution in [2.45, 2.75) is 12.5 Å². The number of aromatic nitrogens is 1. The van der Waals surface area contributed by atoms with Crippen molar-refractivity contribution in [1.82, 2.24) is 10.3 Å². The van der Waals surface area contributed by atoms with Crippen LogP contribution in [0.4, 0.5) is 0 Å². The van der Waals surface area contributed by atoms with Crippen LogP contribution in [0.1, 0.15) is 17.7 Å². The van der Waals surface area contributed by atoms with Crippen molar-refractivity contribution in [3.8, 4) is 0 Å². The number of oxazole rings is 1. The second-order valence-electron chi connectivity index (χ2n) is 3.82. The molecule has 1 unspecified atom stereocenters. The number of carbonyl (C=O) groups is 1. The molecule has 0 saturated carbocycles. The Hall–Kier alpha value is -2.35. The molecule has 0 aliphatic rings. The average molecular weight is 294 g/mol. The van der Waals surface area contributed by atoms with Gasteiger partial charge in [0.1, 0.15) is 6.26 Å². The lowest BCUT2D eigenvalue weighted by Crippen LogP contribution is -2.55. The Bertz CT molecular complexity index is 546. The molecule has 0 fully saturated rings. The van der Waals surface area contributed by atoms with Crippen molar-refractivity contribution < 1.29 is 13.9 Å². The largest absolute Gasteiger partial charge is 0.464 e. The summed E-state index contributed by atoms with van der Waals surface area (Å²) in [5.41, 5.74) is 3.88. The molecule has 0 aromatic carbocycles. The number of rotatable bonds is 5. The molecule has 0 aliphatic carbocycles. The molecule has 0 aliphatic heterocycles. The number of esters is 1. The molecule has 20 heavy (non-hydrogen) atoms. The first-order valence-corrected chi connectivity index (χ1v) is 6.72. The van der Waals surface area contributed by atoms with Crippen LogP contribution >= 0.6 is 11.3 Å². The number of nitrogens with two attached hydrogens (primary N) is 1. The third kappa shape index (κ3) is 2.37. The van der Waals surface area contributed by atoms with Crippen LogP contribution < -0.4 is 11.1 Å². The van der Waals surface area contributed by atoms with E-state index in [4.69, 9.17) is 20.3 Å². The highest BCUT2D eigenvalue weighted by molar-refractivity contribution is 7.10. The topological polar surface area (TPSA) is 114 Å². The first-order chi connectivity index (χ1) is 9.61. The van der Waals surface area contributed by atoms with Crippen LogP contribution in [0.5, 0.6) is 0 Å². The molecular formula is C12H14N4O3S. The van der Waals surface area contributed by atoms with Crippen molar-refractivity contribution in [3.05, 3.63) is 40.7 Å². The second kappa shape index (κ2) is 5.74. The molecule has 2 heterocycles. The van der Waals surface area contributed by atoms with E-state index in [1.165, 1.54) is 23.8 Å². The zero-order valence-electron chi connectivity index (χ0n) is 10.8. The van der Waals surface area contributed by atoms with Gasteiger partial charge in [-0.25, -0.2) is 9.78 Å². The van der Waals surface area contributed by atoms with Gasteiger partial charge in [0.05, 0.1) is 17.7 Å².